The van der Waals surface area contributed by atoms with E-state index in [0.29, 0.717) is 5.92 Å². The third kappa shape index (κ3) is 4.47. The molecule has 0 spiro atoms. The van der Waals surface area contributed by atoms with Crippen LogP contribution in [0.3, 0.4) is 0 Å². The fraction of sp³-hybridized carbons (Fsp3) is 0.200. The fourth-order valence-corrected chi connectivity index (χ4v) is 3.33. The molecule has 1 atom stereocenters. The molecular formula is C20H18Cl2Zr. The van der Waals surface area contributed by atoms with Gasteiger partial charge in [-0.15, -0.1) is 0 Å². The van der Waals surface area contributed by atoms with Crippen LogP contribution in [-0.2, 0) is 32.6 Å². The minimum atomic E-state index is 0. The topological polar surface area (TPSA) is 0 Å². The van der Waals surface area contributed by atoms with Crippen molar-refractivity contribution in [2.45, 2.75) is 19.3 Å². The fourth-order valence-electron chi connectivity index (χ4n) is 3.33. The SMILES string of the molecule is C1=CC2=CC(CCC3=Cc4ccccc4C3)=CC2C=C1.[Cl-].[Cl-].[Zr+2]. The maximum Gasteiger partial charge on any atom is 2.00 e. The summed E-state index contributed by atoms with van der Waals surface area (Å²) in [6.45, 7) is 0. The Morgan fingerprint density at radius 3 is 2.57 bits per heavy atom. The van der Waals surface area contributed by atoms with Gasteiger partial charge in [-0.3, -0.25) is 0 Å². The predicted molar refractivity (Wildman–Crippen MR) is 85.3 cm³/mol. The standard InChI is InChI=1S/C20H18.2ClH.Zr/c1-2-6-18-12-15(11-17(18)5-1)9-10-16-13-19-7-3-4-8-20(19)14-16;;;/h1-8,11-13,17H,9-10,14H2;2*1H;/q;;;+2/p-2. The first-order chi connectivity index (χ1) is 9.88. The quantitative estimate of drug-likeness (QED) is 0.590. The van der Waals surface area contributed by atoms with Gasteiger partial charge in [0.2, 0.25) is 0 Å². The van der Waals surface area contributed by atoms with Crippen LogP contribution < -0.4 is 24.8 Å². The first kappa shape index (κ1) is 20.4. The van der Waals surface area contributed by atoms with Crippen molar-refractivity contribution in [3.8, 4) is 0 Å². The molecular weight excluding hydrogens is 402 g/mol. The molecule has 0 bridgehead atoms. The summed E-state index contributed by atoms with van der Waals surface area (Å²) in [4.78, 5) is 0. The molecule has 3 heteroatoms. The normalized spacial score (nSPS) is 19.3. The number of hydrogen-bond acceptors (Lipinski definition) is 0. The molecule has 0 N–H and O–H groups in total. The van der Waals surface area contributed by atoms with Crippen LogP contribution in [0.4, 0.5) is 0 Å². The Balaban J connectivity index is 0.000000882. The number of fused-ring (bicyclic) bond motifs is 2. The number of allylic oxidation sites excluding steroid dienone is 9. The van der Waals surface area contributed by atoms with Crippen LogP contribution in [-0.4, -0.2) is 0 Å². The zero-order valence-corrected chi connectivity index (χ0v) is 16.8. The van der Waals surface area contributed by atoms with Gasteiger partial charge in [0.15, 0.2) is 0 Å². The Hall–Kier alpha value is -0.617. The summed E-state index contributed by atoms with van der Waals surface area (Å²) in [5.41, 5.74) is 7.43. The maximum absolute atomic E-state index is 2.41. The van der Waals surface area contributed by atoms with Gasteiger partial charge in [0.25, 0.3) is 0 Å². The van der Waals surface area contributed by atoms with Gasteiger partial charge in [-0.2, -0.15) is 0 Å². The van der Waals surface area contributed by atoms with Gasteiger partial charge in [0.1, 0.15) is 0 Å². The first-order valence-electron chi connectivity index (χ1n) is 7.43. The zero-order valence-electron chi connectivity index (χ0n) is 12.8. The van der Waals surface area contributed by atoms with Crippen LogP contribution in [0, 0.1) is 5.92 Å². The second-order valence-electron chi connectivity index (χ2n) is 5.83. The largest absolute Gasteiger partial charge is 2.00 e. The Labute approximate surface area is 170 Å². The van der Waals surface area contributed by atoms with E-state index in [9.17, 15) is 0 Å². The van der Waals surface area contributed by atoms with Gasteiger partial charge < -0.3 is 24.8 Å². The summed E-state index contributed by atoms with van der Waals surface area (Å²) >= 11 is 0. The summed E-state index contributed by atoms with van der Waals surface area (Å²) in [6, 6.07) is 8.75. The van der Waals surface area contributed by atoms with E-state index in [2.05, 4.69) is 66.8 Å². The summed E-state index contributed by atoms with van der Waals surface area (Å²) in [6.07, 6.45) is 19.5. The van der Waals surface area contributed by atoms with Crippen molar-refractivity contribution < 1.29 is 51.0 Å². The number of hydrogen-bond donors (Lipinski definition) is 0. The van der Waals surface area contributed by atoms with Crippen LogP contribution in [0.1, 0.15) is 24.0 Å². The molecule has 3 aliphatic carbocycles. The molecule has 0 aliphatic heterocycles. The maximum atomic E-state index is 2.41. The predicted octanol–water partition coefficient (Wildman–Crippen LogP) is -0.980. The minimum absolute atomic E-state index is 0. The Morgan fingerprint density at radius 1 is 0.957 bits per heavy atom. The Morgan fingerprint density at radius 2 is 1.78 bits per heavy atom. The average molecular weight is 420 g/mol. The monoisotopic (exact) mass is 418 g/mol. The number of rotatable bonds is 3. The number of halogens is 2. The molecule has 0 nitrogen and oxygen atoms in total. The summed E-state index contributed by atoms with van der Waals surface area (Å²) in [5, 5.41) is 0. The molecule has 0 radical (unpaired) electrons. The van der Waals surface area contributed by atoms with Crippen LogP contribution >= 0.6 is 0 Å². The van der Waals surface area contributed by atoms with Gasteiger partial charge in [0, 0.05) is 5.92 Å². The van der Waals surface area contributed by atoms with E-state index >= 15 is 0 Å². The Bertz CT molecular complexity index is 708. The molecule has 3 aliphatic rings. The molecule has 4 rings (SSSR count). The van der Waals surface area contributed by atoms with Gasteiger partial charge in [-0.1, -0.05) is 77.9 Å². The van der Waals surface area contributed by atoms with E-state index in [-0.39, 0.29) is 51.0 Å². The second kappa shape index (κ2) is 9.02. The molecule has 0 saturated heterocycles. The van der Waals surface area contributed by atoms with Crippen LogP contribution in [0.2, 0.25) is 0 Å². The van der Waals surface area contributed by atoms with Crippen molar-refractivity contribution in [2.24, 2.45) is 5.92 Å². The minimum Gasteiger partial charge on any atom is -1.00 e. The van der Waals surface area contributed by atoms with Crippen molar-refractivity contribution in [3.63, 3.8) is 0 Å². The molecule has 0 amide bonds. The van der Waals surface area contributed by atoms with E-state index < -0.39 is 0 Å². The van der Waals surface area contributed by atoms with Crippen molar-refractivity contribution in [1.29, 1.82) is 0 Å². The van der Waals surface area contributed by atoms with E-state index in [1.165, 1.54) is 35.1 Å². The van der Waals surface area contributed by atoms with Crippen molar-refractivity contribution in [1.82, 2.24) is 0 Å². The van der Waals surface area contributed by atoms with Crippen LogP contribution in [0.15, 0.2) is 77.4 Å². The summed E-state index contributed by atoms with van der Waals surface area (Å²) in [5.74, 6) is 0.532. The second-order valence-corrected chi connectivity index (χ2v) is 5.83. The molecule has 1 aromatic carbocycles. The molecule has 1 unspecified atom stereocenters. The van der Waals surface area contributed by atoms with Crippen LogP contribution in [0.5, 0.6) is 0 Å². The van der Waals surface area contributed by atoms with E-state index in [4.69, 9.17) is 0 Å². The van der Waals surface area contributed by atoms with Crippen molar-refractivity contribution in [3.05, 3.63) is 88.6 Å². The first-order valence-corrected chi connectivity index (χ1v) is 7.43. The van der Waals surface area contributed by atoms with Gasteiger partial charge in [0.05, 0.1) is 0 Å². The molecule has 1 aromatic rings. The molecule has 0 heterocycles. The smallest absolute Gasteiger partial charge is 1.00 e. The molecule has 0 saturated carbocycles. The van der Waals surface area contributed by atoms with Gasteiger partial charge in [-0.25, -0.2) is 0 Å². The van der Waals surface area contributed by atoms with Crippen LogP contribution in [0.25, 0.3) is 6.08 Å². The molecule has 0 fully saturated rings. The van der Waals surface area contributed by atoms with Crippen molar-refractivity contribution in [2.75, 3.05) is 0 Å². The molecule has 0 aromatic heterocycles. The third-order valence-electron chi connectivity index (χ3n) is 4.42. The zero-order chi connectivity index (χ0) is 13.4. The van der Waals surface area contributed by atoms with Gasteiger partial charge in [-0.05, 0) is 36.0 Å². The Kier molecular flexibility index (Phi) is 8.01. The van der Waals surface area contributed by atoms with E-state index in [1.807, 2.05) is 0 Å². The average Bonchev–Trinajstić information content (AvgIpc) is 3.07. The van der Waals surface area contributed by atoms with E-state index in [0.717, 1.165) is 6.42 Å². The van der Waals surface area contributed by atoms with Gasteiger partial charge >= 0.3 is 26.2 Å². The van der Waals surface area contributed by atoms with E-state index in [1.54, 1.807) is 5.57 Å². The third-order valence-corrected chi connectivity index (χ3v) is 4.42. The number of benzene rings is 1. The summed E-state index contributed by atoms with van der Waals surface area (Å²) in [7, 11) is 0. The summed E-state index contributed by atoms with van der Waals surface area (Å²) < 4.78 is 0. The molecule has 116 valence electrons. The van der Waals surface area contributed by atoms with Crippen molar-refractivity contribution >= 4 is 6.08 Å². The molecule has 23 heavy (non-hydrogen) atoms.